The molecular weight excluding hydrogens is 431 g/mol. The van der Waals surface area contributed by atoms with E-state index in [0.29, 0.717) is 0 Å². The van der Waals surface area contributed by atoms with Crippen molar-refractivity contribution in [3.05, 3.63) is 58.9 Å². The number of hydrogen-bond donors (Lipinski definition) is 2. The molecule has 0 saturated heterocycles. The molecular formula is C17H12F3N3O6S. The summed E-state index contributed by atoms with van der Waals surface area (Å²) in [6.45, 7) is -1.04. The molecule has 0 spiro atoms. The van der Waals surface area contributed by atoms with Gasteiger partial charge in [-0.3, -0.25) is 14.2 Å². The van der Waals surface area contributed by atoms with Crippen LogP contribution in [-0.2, 0) is 21.4 Å². The maximum Gasteiger partial charge on any atom is 0.516 e. The fraction of sp³-hybridized carbons (Fsp3) is 0.118. The Bertz CT molecular complexity index is 1270. The average Bonchev–Trinajstić information content (AvgIpc) is 2.65. The number of sulfonamides is 1. The molecule has 2 aromatic carbocycles. The van der Waals surface area contributed by atoms with Crippen LogP contribution in [0.3, 0.4) is 0 Å². The second kappa shape index (κ2) is 7.67. The van der Waals surface area contributed by atoms with E-state index in [1.807, 2.05) is 0 Å². The highest BCUT2D eigenvalue weighted by molar-refractivity contribution is 7.90. The Balaban J connectivity index is 2.01. The number of nitrogens with zero attached hydrogens (tertiary/aromatic N) is 2. The molecule has 0 atom stereocenters. The lowest BCUT2D eigenvalue weighted by atomic mass is 10.3. The summed E-state index contributed by atoms with van der Waals surface area (Å²) in [5.41, 5.74) is -6.44. The number of rotatable bonds is 5. The van der Waals surface area contributed by atoms with Crippen LogP contribution in [0, 0.1) is 0 Å². The zero-order valence-corrected chi connectivity index (χ0v) is 15.6. The highest BCUT2D eigenvalue weighted by Crippen LogP contribution is 2.23. The maximum absolute atomic E-state index is 12.7. The van der Waals surface area contributed by atoms with Gasteiger partial charge in [-0.2, -0.15) is 21.6 Å². The van der Waals surface area contributed by atoms with Gasteiger partial charge in [0.15, 0.2) is 0 Å². The molecule has 1 amide bonds. The summed E-state index contributed by atoms with van der Waals surface area (Å²) in [4.78, 5) is 28.7. The number of amides is 1. The molecule has 2 N–H and O–H groups in total. The first-order valence-electron chi connectivity index (χ1n) is 8.06. The summed E-state index contributed by atoms with van der Waals surface area (Å²) in [6, 6.07) is 11.1. The number of benzene rings is 2. The van der Waals surface area contributed by atoms with Crippen molar-refractivity contribution in [1.29, 1.82) is 0 Å². The molecule has 3 aromatic rings. The summed E-state index contributed by atoms with van der Waals surface area (Å²) in [5, 5.41) is 9.30. The second-order valence-electron chi connectivity index (χ2n) is 5.87. The normalized spacial score (nSPS) is 12.0. The lowest BCUT2D eigenvalue weighted by Crippen LogP contribution is -2.42. The molecule has 0 saturated carbocycles. The Hall–Kier alpha value is -3.61. The number of aromatic nitrogens is 2. The lowest BCUT2D eigenvalue weighted by molar-refractivity contribution is -0.120. The summed E-state index contributed by atoms with van der Waals surface area (Å²) in [7, 11) is -5.93. The van der Waals surface area contributed by atoms with Gasteiger partial charge in [-0.15, -0.1) is 0 Å². The number of halogens is 3. The van der Waals surface area contributed by atoms with Crippen molar-refractivity contribution in [3.63, 3.8) is 0 Å². The lowest BCUT2D eigenvalue weighted by Gasteiger charge is -2.13. The quantitative estimate of drug-likeness (QED) is 0.616. The zero-order valence-electron chi connectivity index (χ0n) is 14.8. The number of alkyl halides is 3. The number of phenols is 1. The molecule has 0 aliphatic heterocycles. The predicted octanol–water partition coefficient (Wildman–Crippen LogP) is 1.86. The van der Waals surface area contributed by atoms with Crippen molar-refractivity contribution in [2.45, 2.75) is 12.1 Å². The standard InChI is InChI=1S/C17H12F3N3O6S/c18-17(19,20)30(27,28)22-14(25)9-23-13-4-2-1-3-12(13)21-15(16(23)26)29-11-7-5-10(24)6-8-11/h1-8,24H,9H2,(H,22,25). The number of phenolic OH excluding ortho intramolecular Hbond substituents is 1. The number of ether oxygens (including phenoxy) is 1. The monoisotopic (exact) mass is 443 g/mol. The highest BCUT2D eigenvalue weighted by Gasteiger charge is 2.47. The Morgan fingerprint density at radius 3 is 2.40 bits per heavy atom. The molecule has 3 rings (SSSR count). The number of aromatic hydroxyl groups is 1. The minimum Gasteiger partial charge on any atom is -0.508 e. The number of nitrogens with one attached hydrogen (secondary N) is 1. The summed E-state index contributed by atoms with van der Waals surface area (Å²) in [5.74, 6) is -2.04. The van der Waals surface area contributed by atoms with Crippen LogP contribution >= 0.6 is 0 Å². The molecule has 1 heterocycles. The number of para-hydroxylation sites is 2. The Labute approximate surface area is 166 Å². The van der Waals surface area contributed by atoms with E-state index < -0.39 is 39.4 Å². The smallest absolute Gasteiger partial charge is 0.508 e. The maximum atomic E-state index is 12.7. The topological polar surface area (TPSA) is 128 Å². The summed E-state index contributed by atoms with van der Waals surface area (Å²) < 4.78 is 66.7. The third-order valence-corrected chi connectivity index (χ3v) is 4.83. The predicted molar refractivity (Wildman–Crippen MR) is 97.3 cm³/mol. The van der Waals surface area contributed by atoms with Gasteiger partial charge in [-0.05, 0) is 36.4 Å². The zero-order chi connectivity index (χ0) is 22.1. The second-order valence-corrected chi connectivity index (χ2v) is 7.54. The van der Waals surface area contributed by atoms with E-state index in [-0.39, 0.29) is 22.5 Å². The first kappa shape index (κ1) is 21.1. The third-order valence-electron chi connectivity index (χ3n) is 3.73. The van der Waals surface area contributed by atoms with Crippen LogP contribution in [0.15, 0.2) is 53.3 Å². The summed E-state index contributed by atoms with van der Waals surface area (Å²) >= 11 is 0. The van der Waals surface area contributed by atoms with Crippen molar-refractivity contribution >= 4 is 27.0 Å². The highest BCUT2D eigenvalue weighted by atomic mass is 32.2. The van der Waals surface area contributed by atoms with Gasteiger partial charge in [-0.1, -0.05) is 12.1 Å². The van der Waals surface area contributed by atoms with E-state index in [4.69, 9.17) is 4.74 Å². The van der Waals surface area contributed by atoms with Crippen molar-refractivity contribution in [1.82, 2.24) is 14.3 Å². The van der Waals surface area contributed by atoms with E-state index in [1.165, 1.54) is 42.5 Å². The fourth-order valence-electron chi connectivity index (χ4n) is 2.40. The van der Waals surface area contributed by atoms with Crippen LogP contribution in [0.5, 0.6) is 17.4 Å². The van der Waals surface area contributed by atoms with E-state index in [2.05, 4.69) is 4.98 Å². The Kier molecular flexibility index (Phi) is 5.39. The van der Waals surface area contributed by atoms with Gasteiger partial charge in [-0.25, -0.2) is 9.71 Å². The Morgan fingerprint density at radius 1 is 1.13 bits per heavy atom. The van der Waals surface area contributed by atoms with E-state index in [1.54, 1.807) is 6.07 Å². The first-order valence-corrected chi connectivity index (χ1v) is 9.54. The van der Waals surface area contributed by atoms with Gasteiger partial charge >= 0.3 is 21.1 Å². The van der Waals surface area contributed by atoms with Crippen LogP contribution in [-0.4, -0.2) is 34.5 Å². The third kappa shape index (κ3) is 4.35. The van der Waals surface area contributed by atoms with Gasteiger partial charge in [0.05, 0.1) is 11.0 Å². The summed E-state index contributed by atoms with van der Waals surface area (Å²) in [6.07, 6.45) is 0. The van der Waals surface area contributed by atoms with Gasteiger partial charge in [0.1, 0.15) is 18.0 Å². The van der Waals surface area contributed by atoms with Crippen LogP contribution in [0.25, 0.3) is 11.0 Å². The molecule has 158 valence electrons. The average molecular weight is 443 g/mol. The SMILES string of the molecule is O=C(Cn1c(=O)c(Oc2ccc(O)cc2)nc2ccccc21)NS(=O)(=O)C(F)(F)F. The minimum atomic E-state index is -5.93. The Morgan fingerprint density at radius 2 is 1.77 bits per heavy atom. The minimum absolute atomic E-state index is 0.0613. The fourth-order valence-corrected chi connectivity index (χ4v) is 2.88. The number of carbonyl (C=O) groups excluding carboxylic acids is 1. The molecule has 0 aliphatic carbocycles. The van der Waals surface area contributed by atoms with Crippen LogP contribution < -0.4 is 15.0 Å². The molecule has 0 unspecified atom stereocenters. The largest absolute Gasteiger partial charge is 0.516 e. The van der Waals surface area contributed by atoms with Crippen molar-refractivity contribution in [2.75, 3.05) is 0 Å². The van der Waals surface area contributed by atoms with Crippen LogP contribution in [0.2, 0.25) is 0 Å². The molecule has 0 fully saturated rings. The molecule has 1 aromatic heterocycles. The van der Waals surface area contributed by atoms with Crippen molar-refractivity contribution < 1.29 is 36.2 Å². The van der Waals surface area contributed by atoms with Gasteiger partial charge in [0.25, 0.3) is 11.8 Å². The van der Waals surface area contributed by atoms with Crippen molar-refractivity contribution in [2.24, 2.45) is 0 Å². The van der Waals surface area contributed by atoms with E-state index >= 15 is 0 Å². The van der Waals surface area contributed by atoms with E-state index in [0.717, 1.165) is 9.29 Å². The molecule has 0 bridgehead atoms. The van der Waals surface area contributed by atoms with Gasteiger partial charge < -0.3 is 9.84 Å². The molecule has 0 aliphatic rings. The van der Waals surface area contributed by atoms with Gasteiger partial charge in [0, 0.05) is 0 Å². The first-order chi connectivity index (χ1) is 14.0. The number of carbonyl (C=O) groups is 1. The van der Waals surface area contributed by atoms with Gasteiger partial charge in [0.2, 0.25) is 0 Å². The van der Waals surface area contributed by atoms with Crippen LogP contribution in [0.1, 0.15) is 0 Å². The van der Waals surface area contributed by atoms with E-state index in [9.17, 15) is 36.3 Å². The number of hydrogen-bond acceptors (Lipinski definition) is 7. The molecule has 9 nitrogen and oxygen atoms in total. The molecule has 13 heteroatoms. The molecule has 30 heavy (non-hydrogen) atoms. The van der Waals surface area contributed by atoms with Crippen molar-refractivity contribution in [3.8, 4) is 17.4 Å². The number of fused-ring (bicyclic) bond motifs is 1. The van der Waals surface area contributed by atoms with Crippen LogP contribution in [0.4, 0.5) is 13.2 Å². The molecule has 0 radical (unpaired) electrons.